The topological polar surface area (TPSA) is 43.4 Å². The van der Waals surface area contributed by atoms with Crippen LogP contribution in [0.4, 0.5) is 0 Å². The van der Waals surface area contributed by atoms with Crippen molar-refractivity contribution in [2.75, 3.05) is 0 Å². The minimum atomic E-state index is -0.223. The fourth-order valence-electron chi connectivity index (χ4n) is 1.15. The van der Waals surface area contributed by atoms with Crippen LogP contribution in [0.5, 0.6) is 0 Å². The number of ether oxygens (including phenoxy) is 1. The summed E-state index contributed by atoms with van der Waals surface area (Å²) in [7, 11) is 0. The van der Waals surface area contributed by atoms with Crippen molar-refractivity contribution in [2.45, 2.75) is 25.9 Å². The fourth-order valence-corrected chi connectivity index (χ4v) is 1.15. The standard InChI is InChI=1S/C7H10O3/c1-5-4-6(2-3-8)7(9)10-5/h3,5-6H,2,4H2,1H3. The van der Waals surface area contributed by atoms with Crippen LogP contribution in [-0.4, -0.2) is 18.4 Å². The lowest BCUT2D eigenvalue weighted by Crippen LogP contribution is -2.07. The Bertz CT molecular complexity index is 153. The maximum Gasteiger partial charge on any atom is 0.309 e. The summed E-state index contributed by atoms with van der Waals surface area (Å²) in [6.45, 7) is 1.84. The first-order valence-electron chi connectivity index (χ1n) is 3.38. The van der Waals surface area contributed by atoms with Crippen molar-refractivity contribution in [1.29, 1.82) is 0 Å². The van der Waals surface area contributed by atoms with Gasteiger partial charge in [-0.25, -0.2) is 0 Å². The molecule has 2 unspecified atom stereocenters. The molecule has 0 N–H and O–H groups in total. The predicted molar refractivity (Wildman–Crippen MR) is 34.3 cm³/mol. The molecule has 0 aliphatic carbocycles. The maximum atomic E-state index is 10.8. The summed E-state index contributed by atoms with van der Waals surface area (Å²) < 4.78 is 4.83. The summed E-state index contributed by atoms with van der Waals surface area (Å²) in [5.74, 6) is -0.396. The van der Waals surface area contributed by atoms with Crippen LogP contribution in [-0.2, 0) is 14.3 Å². The van der Waals surface area contributed by atoms with Gasteiger partial charge in [0.2, 0.25) is 0 Å². The van der Waals surface area contributed by atoms with Gasteiger partial charge in [0.1, 0.15) is 6.29 Å². The van der Waals surface area contributed by atoms with E-state index in [-0.39, 0.29) is 18.0 Å². The van der Waals surface area contributed by atoms with E-state index < -0.39 is 0 Å². The third-order valence-corrected chi connectivity index (χ3v) is 1.65. The first-order chi connectivity index (χ1) is 4.74. The van der Waals surface area contributed by atoms with Crippen molar-refractivity contribution in [3.05, 3.63) is 0 Å². The summed E-state index contributed by atoms with van der Waals surface area (Å²) in [6, 6.07) is 0. The van der Waals surface area contributed by atoms with Crippen molar-refractivity contribution < 1.29 is 14.3 Å². The van der Waals surface area contributed by atoms with Gasteiger partial charge in [-0.3, -0.25) is 4.79 Å². The van der Waals surface area contributed by atoms with Crippen molar-refractivity contribution in [3.8, 4) is 0 Å². The van der Waals surface area contributed by atoms with Crippen LogP contribution < -0.4 is 0 Å². The number of aldehydes is 1. The van der Waals surface area contributed by atoms with Gasteiger partial charge in [0.25, 0.3) is 0 Å². The molecule has 1 saturated heterocycles. The van der Waals surface area contributed by atoms with Crippen LogP contribution in [0.15, 0.2) is 0 Å². The van der Waals surface area contributed by atoms with Crippen molar-refractivity contribution in [1.82, 2.24) is 0 Å². The van der Waals surface area contributed by atoms with Gasteiger partial charge >= 0.3 is 5.97 Å². The van der Waals surface area contributed by atoms with E-state index >= 15 is 0 Å². The molecule has 56 valence electrons. The first kappa shape index (κ1) is 7.25. The molecule has 1 heterocycles. The highest BCUT2D eigenvalue weighted by Crippen LogP contribution is 2.22. The normalized spacial score (nSPS) is 31.9. The van der Waals surface area contributed by atoms with E-state index in [9.17, 15) is 9.59 Å². The fraction of sp³-hybridized carbons (Fsp3) is 0.714. The highest BCUT2D eigenvalue weighted by atomic mass is 16.5. The third kappa shape index (κ3) is 1.35. The van der Waals surface area contributed by atoms with Crippen LogP contribution in [0.3, 0.4) is 0 Å². The van der Waals surface area contributed by atoms with Gasteiger partial charge in [0.15, 0.2) is 0 Å². The summed E-state index contributed by atoms with van der Waals surface area (Å²) in [4.78, 5) is 20.8. The van der Waals surface area contributed by atoms with Crippen LogP contribution in [0.25, 0.3) is 0 Å². The first-order valence-corrected chi connectivity index (χ1v) is 3.38. The van der Waals surface area contributed by atoms with E-state index in [1.807, 2.05) is 6.92 Å². The van der Waals surface area contributed by atoms with Gasteiger partial charge in [-0.2, -0.15) is 0 Å². The molecule has 3 heteroatoms. The third-order valence-electron chi connectivity index (χ3n) is 1.65. The summed E-state index contributed by atoms with van der Waals surface area (Å²) in [6.07, 6.45) is 1.77. The van der Waals surface area contributed by atoms with Gasteiger partial charge in [-0.15, -0.1) is 0 Å². The molecule has 2 atom stereocenters. The second kappa shape index (κ2) is 2.82. The zero-order valence-electron chi connectivity index (χ0n) is 5.87. The largest absolute Gasteiger partial charge is 0.462 e. The lowest BCUT2D eigenvalue weighted by molar-refractivity contribution is -0.144. The Hall–Kier alpha value is -0.860. The lowest BCUT2D eigenvalue weighted by Gasteiger charge is -1.95. The molecule has 0 spiro atoms. The number of hydrogen-bond acceptors (Lipinski definition) is 3. The Kier molecular flexibility index (Phi) is 2.04. The van der Waals surface area contributed by atoms with Crippen LogP contribution >= 0.6 is 0 Å². The molecule has 0 aromatic carbocycles. The molecular formula is C7H10O3. The maximum absolute atomic E-state index is 10.8. The second-order valence-electron chi connectivity index (χ2n) is 2.58. The molecule has 0 bridgehead atoms. The van der Waals surface area contributed by atoms with E-state index in [0.717, 1.165) is 6.29 Å². The van der Waals surface area contributed by atoms with E-state index in [2.05, 4.69) is 0 Å². The zero-order chi connectivity index (χ0) is 7.56. The van der Waals surface area contributed by atoms with Crippen molar-refractivity contribution >= 4 is 12.3 Å². The summed E-state index contributed by atoms with van der Waals surface area (Å²) in [5, 5.41) is 0. The summed E-state index contributed by atoms with van der Waals surface area (Å²) in [5.41, 5.74) is 0. The van der Waals surface area contributed by atoms with Crippen LogP contribution in [0.1, 0.15) is 19.8 Å². The molecule has 0 aromatic heterocycles. The predicted octanol–water partition coefficient (Wildman–Crippen LogP) is 0.527. The number of hydrogen-bond donors (Lipinski definition) is 0. The highest BCUT2D eigenvalue weighted by Gasteiger charge is 2.30. The average Bonchev–Trinajstić information content (AvgIpc) is 2.13. The molecule has 1 aliphatic heterocycles. The van der Waals surface area contributed by atoms with Gasteiger partial charge in [0, 0.05) is 6.42 Å². The average molecular weight is 142 g/mol. The van der Waals surface area contributed by atoms with E-state index in [0.29, 0.717) is 12.8 Å². The molecular weight excluding hydrogens is 132 g/mol. The molecule has 10 heavy (non-hydrogen) atoms. The highest BCUT2D eigenvalue weighted by molar-refractivity contribution is 5.77. The van der Waals surface area contributed by atoms with Crippen LogP contribution in [0, 0.1) is 5.92 Å². The molecule has 1 fully saturated rings. The monoisotopic (exact) mass is 142 g/mol. The minimum absolute atomic E-state index is 0.00236. The smallest absolute Gasteiger partial charge is 0.309 e. The van der Waals surface area contributed by atoms with E-state index in [4.69, 9.17) is 4.74 Å². The molecule has 3 nitrogen and oxygen atoms in total. The van der Waals surface area contributed by atoms with Gasteiger partial charge < -0.3 is 9.53 Å². The molecule has 1 aliphatic rings. The SMILES string of the molecule is CC1CC(CC=O)C(=O)O1. The molecule has 0 radical (unpaired) electrons. The van der Waals surface area contributed by atoms with E-state index in [1.54, 1.807) is 0 Å². The van der Waals surface area contributed by atoms with E-state index in [1.165, 1.54) is 0 Å². The molecule has 0 saturated carbocycles. The Morgan fingerprint density at radius 3 is 2.90 bits per heavy atom. The Morgan fingerprint density at radius 1 is 1.80 bits per heavy atom. The Labute approximate surface area is 59.4 Å². The number of carbonyl (C=O) groups excluding carboxylic acids is 2. The number of esters is 1. The van der Waals surface area contributed by atoms with Gasteiger partial charge in [-0.1, -0.05) is 0 Å². The molecule has 1 rings (SSSR count). The van der Waals surface area contributed by atoms with Crippen molar-refractivity contribution in [2.24, 2.45) is 5.92 Å². The van der Waals surface area contributed by atoms with Gasteiger partial charge in [-0.05, 0) is 13.3 Å². The quantitative estimate of drug-likeness (QED) is 0.417. The Morgan fingerprint density at radius 2 is 2.50 bits per heavy atom. The summed E-state index contributed by atoms with van der Waals surface area (Å²) >= 11 is 0. The molecule has 0 amide bonds. The Balaban J connectivity index is 2.46. The minimum Gasteiger partial charge on any atom is -0.462 e. The zero-order valence-corrected chi connectivity index (χ0v) is 5.87. The van der Waals surface area contributed by atoms with Gasteiger partial charge in [0.05, 0.1) is 12.0 Å². The van der Waals surface area contributed by atoms with Crippen molar-refractivity contribution in [3.63, 3.8) is 0 Å². The second-order valence-corrected chi connectivity index (χ2v) is 2.58. The number of cyclic esters (lactones) is 1. The van der Waals surface area contributed by atoms with Crippen LogP contribution in [0.2, 0.25) is 0 Å². The lowest BCUT2D eigenvalue weighted by atomic mass is 10.0. The number of rotatable bonds is 2. The number of carbonyl (C=O) groups is 2. The molecule has 0 aromatic rings.